The molecule has 1 aromatic rings. The minimum absolute atomic E-state index is 0.157. The number of rotatable bonds is 1. The van der Waals surface area contributed by atoms with E-state index in [0.717, 1.165) is 0 Å². The number of carbonyl (C=O) groups is 1. The molecule has 0 unspecified atom stereocenters. The van der Waals surface area contributed by atoms with Crippen LogP contribution >= 0.6 is 0 Å². The lowest BCUT2D eigenvalue weighted by atomic mass is 10.2. The Morgan fingerprint density at radius 1 is 1.29 bits per heavy atom. The van der Waals surface area contributed by atoms with Crippen molar-refractivity contribution >= 4 is 12.0 Å². The average Bonchev–Trinajstić information content (AvgIpc) is 2.71. The van der Waals surface area contributed by atoms with Crippen LogP contribution in [-0.2, 0) is 9.53 Å². The molecule has 0 saturated heterocycles. The molecule has 0 bridgehead atoms. The van der Waals surface area contributed by atoms with Gasteiger partial charge in [-0.2, -0.15) is 0 Å². The number of ether oxygens (including phenoxy) is 1. The maximum Gasteiger partial charge on any atom is 0.314 e. The zero-order valence-electron chi connectivity index (χ0n) is 7.85. The second-order valence-electron chi connectivity index (χ2n) is 2.68. The Balaban J connectivity index is 0.000000146. The van der Waals surface area contributed by atoms with Gasteiger partial charge in [0.15, 0.2) is 0 Å². The van der Waals surface area contributed by atoms with E-state index in [-0.39, 0.29) is 5.97 Å². The Kier molecular flexibility index (Phi) is 4.21. The highest BCUT2D eigenvalue weighted by molar-refractivity contribution is 5.73. The highest BCUT2D eigenvalue weighted by Gasteiger charge is 2.00. The first-order valence-electron chi connectivity index (χ1n) is 4.35. The molecule has 0 aliphatic carbocycles. The molecule has 0 N–H and O–H groups in total. The first-order valence-corrected chi connectivity index (χ1v) is 4.35. The van der Waals surface area contributed by atoms with Gasteiger partial charge in [-0.1, -0.05) is 43.0 Å². The van der Waals surface area contributed by atoms with Crippen LogP contribution in [0, 0.1) is 0 Å². The van der Waals surface area contributed by atoms with Crippen molar-refractivity contribution < 1.29 is 9.53 Å². The molecule has 2 rings (SSSR count). The Bertz CT molecular complexity index is 315. The lowest BCUT2D eigenvalue weighted by molar-refractivity contribution is -0.135. The second-order valence-corrected chi connectivity index (χ2v) is 2.68. The lowest BCUT2D eigenvalue weighted by Gasteiger charge is -1.85. The van der Waals surface area contributed by atoms with E-state index < -0.39 is 0 Å². The van der Waals surface area contributed by atoms with Crippen molar-refractivity contribution in [3.05, 3.63) is 54.8 Å². The summed E-state index contributed by atoms with van der Waals surface area (Å²) in [5, 5.41) is 0. The minimum atomic E-state index is -0.157. The molecule has 0 fully saturated rings. The summed E-state index contributed by atoms with van der Waals surface area (Å²) < 4.78 is 4.33. The number of benzene rings is 1. The molecule has 0 atom stereocenters. The molecule has 0 saturated carbocycles. The summed E-state index contributed by atoms with van der Waals surface area (Å²) in [6.07, 6.45) is 5.37. The Hall–Kier alpha value is -1.83. The van der Waals surface area contributed by atoms with Gasteiger partial charge in [-0.25, -0.2) is 0 Å². The van der Waals surface area contributed by atoms with Crippen LogP contribution in [0.3, 0.4) is 0 Å². The molecule has 1 aromatic carbocycles. The van der Waals surface area contributed by atoms with Gasteiger partial charge in [-0.05, 0) is 11.6 Å². The summed E-state index contributed by atoms with van der Waals surface area (Å²) in [5.41, 5.74) is 1.17. The Morgan fingerprint density at radius 3 is 2.29 bits per heavy atom. The van der Waals surface area contributed by atoms with E-state index in [9.17, 15) is 4.79 Å². The van der Waals surface area contributed by atoms with Gasteiger partial charge < -0.3 is 4.74 Å². The van der Waals surface area contributed by atoms with Gasteiger partial charge in [0.05, 0.1) is 12.7 Å². The van der Waals surface area contributed by atoms with Gasteiger partial charge in [-0.3, -0.25) is 4.79 Å². The quantitative estimate of drug-likeness (QED) is 0.633. The third-order valence-corrected chi connectivity index (χ3v) is 1.62. The monoisotopic (exact) mass is 188 g/mol. The normalized spacial score (nSPS) is 12.7. The molecule has 2 nitrogen and oxygen atoms in total. The van der Waals surface area contributed by atoms with E-state index in [0.29, 0.717) is 6.42 Å². The van der Waals surface area contributed by atoms with Crippen LogP contribution in [0.1, 0.15) is 12.0 Å². The van der Waals surface area contributed by atoms with Gasteiger partial charge >= 0.3 is 5.97 Å². The second kappa shape index (κ2) is 5.75. The van der Waals surface area contributed by atoms with Crippen LogP contribution in [0.15, 0.2) is 49.2 Å². The number of esters is 1. The molecule has 1 aliphatic heterocycles. The van der Waals surface area contributed by atoms with Crippen LogP contribution in [-0.4, -0.2) is 5.97 Å². The maximum atomic E-state index is 9.96. The predicted molar refractivity (Wildman–Crippen MR) is 56.4 cm³/mol. The molecular formula is C12H12O2. The maximum absolute atomic E-state index is 9.96. The molecule has 0 radical (unpaired) electrons. The van der Waals surface area contributed by atoms with Crippen molar-refractivity contribution in [3.8, 4) is 0 Å². The van der Waals surface area contributed by atoms with Crippen molar-refractivity contribution in [1.82, 2.24) is 0 Å². The van der Waals surface area contributed by atoms with Crippen molar-refractivity contribution in [2.24, 2.45) is 0 Å². The summed E-state index contributed by atoms with van der Waals surface area (Å²) in [6.45, 7) is 3.63. The fourth-order valence-electron chi connectivity index (χ4n) is 0.906. The van der Waals surface area contributed by atoms with Crippen LogP contribution < -0.4 is 0 Å². The standard InChI is InChI=1S/C8H8.C4H4O2/c1-2-8-6-4-3-5-7-8;5-4-2-1-3-6-4/h2-7H,1H2;1,3H,2H2. The largest absolute Gasteiger partial charge is 0.435 e. The lowest BCUT2D eigenvalue weighted by Crippen LogP contribution is -1.87. The van der Waals surface area contributed by atoms with Gasteiger partial charge in [0.25, 0.3) is 0 Å². The molecule has 72 valence electrons. The topological polar surface area (TPSA) is 26.3 Å². The van der Waals surface area contributed by atoms with Gasteiger partial charge in [0, 0.05) is 0 Å². The SMILES string of the molecule is C=Cc1ccccc1.O=C1CC=CO1. The summed E-state index contributed by atoms with van der Waals surface area (Å²) in [7, 11) is 0. The van der Waals surface area contributed by atoms with E-state index >= 15 is 0 Å². The minimum Gasteiger partial charge on any atom is -0.435 e. The van der Waals surface area contributed by atoms with Crippen LogP contribution in [0.25, 0.3) is 6.08 Å². The summed E-state index contributed by atoms with van der Waals surface area (Å²) in [5.74, 6) is -0.157. The molecule has 1 heterocycles. The molecular weight excluding hydrogens is 176 g/mol. The molecule has 0 spiro atoms. The number of hydrogen-bond acceptors (Lipinski definition) is 2. The predicted octanol–water partition coefficient (Wildman–Crippen LogP) is 2.78. The van der Waals surface area contributed by atoms with E-state index in [1.807, 2.05) is 36.4 Å². The molecule has 0 aromatic heterocycles. The molecule has 1 aliphatic rings. The average molecular weight is 188 g/mol. The first-order chi connectivity index (χ1) is 6.83. The highest BCUT2D eigenvalue weighted by Crippen LogP contribution is 1.97. The van der Waals surface area contributed by atoms with Gasteiger partial charge in [0.2, 0.25) is 0 Å². The van der Waals surface area contributed by atoms with E-state index in [1.54, 1.807) is 6.08 Å². The zero-order chi connectivity index (χ0) is 10.2. The summed E-state index contributed by atoms with van der Waals surface area (Å²) in [4.78, 5) is 9.96. The third-order valence-electron chi connectivity index (χ3n) is 1.62. The third kappa shape index (κ3) is 3.72. The van der Waals surface area contributed by atoms with Crippen molar-refractivity contribution in [2.75, 3.05) is 0 Å². The van der Waals surface area contributed by atoms with Crippen LogP contribution in [0.5, 0.6) is 0 Å². The smallest absolute Gasteiger partial charge is 0.314 e. The molecule has 2 heteroatoms. The first kappa shape index (κ1) is 10.3. The Labute approximate surface area is 83.5 Å². The van der Waals surface area contributed by atoms with Crippen molar-refractivity contribution in [1.29, 1.82) is 0 Å². The zero-order valence-corrected chi connectivity index (χ0v) is 7.85. The number of carbonyl (C=O) groups excluding carboxylic acids is 1. The molecule has 0 amide bonds. The fourth-order valence-corrected chi connectivity index (χ4v) is 0.906. The van der Waals surface area contributed by atoms with Crippen molar-refractivity contribution in [2.45, 2.75) is 6.42 Å². The highest BCUT2D eigenvalue weighted by atomic mass is 16.5. The van der Waals surface area contributed by atoms with Gasteiger partial charge in [-0.15, -0.1) is 0 Å². The number of hydrogen-bond donors (Lipinski definition) is 0. The summed E-state index contributed by atoms with van der Waals surface area (Å²) >= 11 is 0. The Morgan fingerprint density at radius 2 is 2.00 bits per heavy atom. The number of cyclic esters (lactones) is 1. The molecule has 14 heavy (non-hydrogen) atoms. The summed E-state index contributed by atoms with van der Waals surface area (Å²) in [6, 6.07) is 10.0. The van der Waals surface area contributed by atoms with E-state index in [2.05, 4.69) is 11.3 Å². The van der Waals surface area contributed by atoms with Gasteiger partial charge in [0.1, 0.15) is 0 Å². The van der Waals surface area contributed by atoms with E-state index in [4.69, 9.17) is 0 Å². The van der Waals surface area contributed by atoms with Crippen molar-refractivity contribution in [3.63, 3.8) is 0 Å². The van der Waals surface area contributed by atoms with E-state index in [1.165, 1.54) is 11.8 Å². The van der Waals surface area contributed by atoms with Crippen LogP contribution in [0.2, 0.25) is 0 Å². The van der Waals surface area contributed by atoms with Crippen LogP contribution in [0.4, 0.5) is 0 Å². The fraction of sp³-hybridized carbons (Fsp3) is 0.0833.